The van der Waals surface area contributed by atoms with Gasteiger partial charge in [0, 0.05) is 0 Å². The van der Waals surface area contributed by atoms with Gasteiger partial charge in [-0.2, -0.15) is 0 Å². The van der Waals surface area contributed by atoms with Crippen molar-refractivity contribution >= 4 is 21.6 Å². The summed E-state index contributed by atoms with van der Waals surface area (Å²) >= 11 is 0. The highest BCUT2D eigenvalue weighted by molar-refractivity contribution is 7.92. The average molecular weight is 348 g/mol. The fourth-order valence-electron chi connectivity index (χ4n) is 2.58. The molecule has 0 spiro atoms. The molecule has 0 saturated heterocycles. The summed E-state index contributed by atoms with van der Waals surface area (Å²) in [7, 11) is -2.48. The predicted octanol–water partition coefficient (Wildman–Crippen LogP) is 2.52. The molecule has 0 aliphatic carbocycles. The number of sulfonamides is 1. The normalized spacial score (nSPS) is 11.2. The van der Waals surface area contributed by atoms with Crippen LogP contribution in [0.25, 0.3) is 0 Å². The van der Waals surface area contributed by atoms with Gasteiger partial charge in [0.05, 0.1) is 23.3 Å². The highest BCUT2D eigenvalue weighted by atomic mass is 32.2. The number of hydrogen-bond acceptors (Lipinski definition) is 4. The molecule has 128 valence electrons. The van der Waals surface area contributed by atoms with Crippen molar-refractivity contribution in [1.29, 1.82) is 0 Å². The minimum Gasteiger partial charge on any atom is -0.496 e. The fraction of sp³-hybridized carbons (Fsp3) is 0.235. The second-order valence-electron chi connectivity index (χ2n) is 5.61. The molecule has 0 unspecified atom stereocenters. The Kier molecular flexibility index (Phi) is 4.84. The Balaban J connectivity index is 2.49. The number of carbonyl (C=O) groups excluding carboxylic acids is 1. The third-order valence-electron chi connectivity index (χ3n) is 3.66. The topological polar surface area (TPSA) is 98.5 Å². The lowest BCUT2D eigenvalue weighted by molar-refractivity contribution is 0.0997. The van der Waals surface area contributed by atoms with E-state index < -0.39 is 15.9 Å². The summed E-state index contributed by atoms with van der Waals surface area (Å²) < 4.78 is 32.9. The van der Waals surface area contributed by atoms with Gasteiger partial charge in [0.1, 0.15) is 5.75 Å². The highest BCUT2D eigenvalue weighted by Crippen LogP contribution is 2.27. The number of nitrogens with two attached hydrogens (primary N) is 1. The molecule has 3 N–H and O–H groups in total. The second kappa shape index (κ2) is 6.52. The summed E-state index contributed by atoms with van der Waals surface area (Å²) in [6.07, 6.45) is 0. The molecule has 7 heteroatoms. The lowest BCUT2D eigenvalue weighted by atomic mass is 10.1. The predicted molar refractivity (Wildman–Crippen MR) is 93.0 cm³/mol. The van der Waals surface area contributed by atoms with Crippen LogP contribution in [0.1, 0.15) is 27.0 Å². The second-order valence-corrected chi connectivity index (χ2v) is 7.29. The first-order valence-electron chi connectivity index (χ1n) is 7.24. The van der Waals surface area contributed by atoms with Crippen LogP contribution in [-0.2, 0) is 10.0 Å². The van der Waals surface area contributed by atoms with Crippen LogP contribution in [0, 0.1) is 20.8 Å². The molecule has 0 bridgehead atoms. The smallest absolute Gasteiger partial charge is 0.261 e. The SMILES string of the molecule is COc1ccc(S(=O)(=O)Nc2c(C)cc(C)cc2C)cc1C(N)=O. The molecule has 0 radical (unpaired) electrons. The Labute approximate surface area is 141 Å². The van der Waals surface area contributed by atoms with Gasteiger partial charge >= 0.3 is 0 Å². The van der Waals surface area contributed by atoms with Crippen LogP contribution in [0.3, 0.4) is 0 Å². The van der Waals surface area contributed by atoms with Gasteiger partial charge in [-0.15, -0.1) is 0 Å². The lowest BCUT2D eigenvalue weighted by Gasteiger charge is -2.15. The molecule has 2 rings (SSSR count). The zero-order valence-electron chi connectivity index (χ0n) is 14.0. The van der Waals surface area contributed by atoms with Crippen LogP contribution < -0.4 is 15.2 Å². The van der Waals surface area contributed by atoms with Gasteiger partial charge in [0.2, 0.25) is 0 Å². The van der Waals surface area contributed by atoms with Gasteiger partial charge in [-0.05, 0) is 50.1 Å². The minimum absolute atomic E-state index is 0.0118. The Morgan fingerprint density at radius 2 is 1.67 bits per heavy atom. The monoisotopic (exact) mass is 348 g/mol. The van der Waals surface area contributed by atoms with E-state index in [0.717, 1.165) is 16.7 Å². The van der Waals surface area contributed by atoms with Crippen molar-refractivity contribution in [3.63, 3.8) is 0 Å². The van der Waals surface area contributed by atoms with Gasteiger partial charge in [-0.25, -0.2) is 8.42 Å². The van der Waals surface area contributed by atoms with Crippen molar-refractivity contribution in [3.05, 3.63) is 52.6 Å². The van der Waals surface area contributed by atoms with Crippen LogP contribution in [0.15, 0.2) is 35.2 Å². The quantitative estimate of drug-likeness (QED) is 0.867. The van der Waals surface area contributed by atoms with E-state index in [9.17, 15) is 13.2 Å². The molecule has 0 aliphatic rings. The number of aryl methyl sites for hydroxylation is 3. The number of anilines is 1. The van der Waals surface area contributed by atoms with Crippen molar-refractivity contribution < 1.29 is 17.9 Å². The molecule has 0 aliphatic heterocycles. The number of methoxy groups -OCH3 is 1. The zero-order chi connectivity index (χ0) is 18.1. The Bertz CT molecular complexity index is 882. The molecule has 0 aromatic heterocycles. The molecule has 0 heterocycles. The number of nitrogens with one attached hydrogen (secondary N) is 1. The van der Waals surface area contributed by atoms with E-state index in [-0.39, 0.29) is 16.2 Å². The molecule has 2 aromatic rings. The zero-order valence-corrected chi connectivity index (χ0v) is 14.8. The standard InChI is InChI=1S/C17H20N2O4S/c1-10-7-11(2)16(12(3)8-10)19-24(21,22)13-5-6-15(23-4)14(9-13)17(18)20/h5-9,19H,1-4H3,(H2,18,20). The van der Waals surface area contributed by atoms with Gasteiger partial charge in [0.25, 0.3) is 15.9 Å². The van der Waals surface area contributed by atoms with Gasteiger partial charge < -0.3 is 10.5 Å². The van der Waals surface area contributed by atoms with Crippen molar-refractivity contribution in [2.45, 2.75) is 25.7 Å². The number of primary amides is 1. The molecule has 6 nitrogen and oxygen atoms in total. The number of hydrogen-bond donors (Lipinski definition) is 2. The summed E-state index contributed by atoms with van der Waals surface area (Å²) in [6.45, 7) is 5.61. The van der Waals surface area contributed by atoms with E-state index in [1.54, 1.807) is 0 Å². The van der Waals surface area contributed by atoms with Crippen LogP contribution in [0.2, 0.25) is 0 Å². The van der Waals surface area contributed by atoms with E-state index in [4.69, 9.17) is 10.5 Å². The van der Waals surface area contributed by atoms with Crippen molar-refractivity contribution in [3.8, 4) is 5.75 Å². The Morgan fingerprint density at radius 1 is 1.08 bits per heavy atom. The molecule has 1 amide bonds. The molecule has 0 saturated carbocycles. The maximum Gasteiger partial charge on any atom is 0.261 e. The number of ether oxygens (including phenoxy) is 1. The largest absolute Gasteiger partial charge is 0.496 e. The summed E-state index contributed by atoms with van der Waals surface area (Å²) in [4.78, 5) is 11.4. The first-order valence-corrected chi connectivity index (χ1v) is 8.72. The molecular formula is C17H20N2O4S. The summed E-state index contributed by atoms with van der Waals surface area (Å²) in [5.41, 5.74) is 8.51. The van der Waals surface area contributed by atoms with Gasteiger partial charge in [-0.3, -0.25) is 9.52 Å². The van der Waals surface area contributed by atoms with Crippen LogP contribution in [0.5, 0.6) is 5.75 Å². The average Bonchev–Trinajstić information content (AvgIpc) is 2.50. The number of benzene rings is 2. The summed E-state index contributed by atoms with van der Waals surface area (Å²) in [5, 5.41) is 0. The van der Waals surface area contributed by atoms with E-state index in [2.05, 4.69) is 4.72 Å². The van der Waals surface area contributed by atoms with E-state index >= 15 is 0 Å². The van der Waals surface area contributed by atoms with E-state index in [1.165, 1.54) is 25.3 Å². The maximum atomic E-state index is 12.7. The van der Waals surface area contributed by atoms with Crippen LogP contribution >= 0.6 is 0 Å². The molecule has 0 atom stereocenters. The van der Waals surface area contributed by atoms with Gasteiger partial charge in [0.15, 0.2) is 0 Å². The minimum atomic E-state index is -3.87. The van der Waals surface area contributed by atoms with Crippen molar-refractivity contribution in [1.82, 2.24) is 0 Å². The summed E-state index contributed by atoms with van der Waals surface area (Å²) in [6, 6.07) is 7.78. The van der Waals surface area contributed by atoms with Crippen molar-refractivity contribution in [2.75, 3.05) is 11.8 Å². The fourth-order valence-corrected chi connectivity index (χ4v) is 3.81. The lowest BCUT2D eigenvalue weighted by Crippen LogP contribution is -2.17. The Hall–Kier alpha value is -2.54. The summed E-state index contributed by atoms with van der Waals surface area (Å²) in [5.74, 6) is -0.532. The molecule has 2 aromatic carbocycles. The third kappa shape index (κ3) is 3.51. The number of rotatable bonds is 5. The Morgan fingerprint density at radius 3 is 2.17 bits per heavy atom. The highest BCUT2D eigenvalue weighted by Gasteiger charge is 2.20. The van der Waals surface area contributed by atoms with Gasteiger partial charge in [-0.1, -0.05) is 17.7 Å². The molecule has 24 heavy (non-hydrogen) atoms. The van der Waals surface area contributed by atoms with Crippen molar-refractivity contribution in [2.24, 2.45) is 5.73 Å². The third-order valence-corrected chi connectivity index (χ3v) is 5.01. The molecular weight excluding hydrogens is 328 g/mol. The van der Waals surface area contributed by atoms with E-state index in [1.807, 2.05) is 32.9 Å². The maximum absolute atomic E-state index is 12.7. The number of amides is 1. The molecule has 0 fully saturated rings. The van der Waals surface area contributed by atoms with Crippen LogP contribution in [0.4, 0.5) is 5.69 Å². The van der Waals surface area contributed by atoms with E-state index in [0.29, 0.717) is 5.69 Å². The first kappa shape index (κ1) is 17.8. The first-order chi connectivity index (χ1) is 11.2. The van der Waals surface area contributed by atoms with Crippen LogP contribution in [-0.4, -0.2) is 21.4 Å². The number of carbonyl (C=O) groups is 1.